The summed E-state index contributed by atoms with van der Waals surface area (Å²) in [5.74, 6) is 0.826. The van der Waals surface area contributed by atoms with Crippen LogP contribution < -0.4 is 14.7 Å². The molecular formula is C24H25N5O2. The number of anilines is 3. The number of hydrogen-bond donors (Lipinski definition) is 0. The van der Waals surface area contributed by atoms with Gasteiger partial charge in [-0.05, 0) is 43.2 Å². The van der Waals surface area contributed by atoms with Crippen molar-refractivity contribution in [2.75, 3.05) is 41.4 Å². The molecule has 2 aromatic carbocycles. The fourth-order valence-corrected chi connectivity index (χ4v) is 4.45. The number of fused-ring (bicyclic) bond motifs is 2. The molecule has 1 saturated heterocycles. The molecular weight excluding hydrogens is 390 g/mol. The van der Waals surface area contributed by atoms with E-state index in [9.17, 15) is 9.59 Å². The van der Waals surface area contributed by atoms with E-state index < -0.39 is 5.92 Å². The number of benzene rings is 2. The smallest absolute Gasteiger partial charge is 0.233 e. The highest BCUT2D eigenvalue weighted by Crippen LogP contribution is 2.34. The van der Waals surface area contributed by atoms with Crippen molar-refractivity contribution < 1.29 is 9.59 Å². The van der Waals surface area contributed by atoms with Crippen LogP contribution in [0.2, 0.25) is 0 Å². The molecule has 0 radical (unpaired) electrons. The van der Waals surface area contributed by atoms with Gasteiger partial charge in [-0.1, -0.05) is 24.3 Å². The van der Waals surface area contributed by atoms with Gasteiger partial charge in [-0.3, -0.25) is 14.5 Å². The predicted molar refractivity (Wildman–Crippen MR) is 122 cm³/mol. The molecule has 1 unspecified atom stereocenters. The Morgan fingerprint density at radius 2 is 1.68 bits per heavy atom. The van der Waals surface area contributed by atoms with Crippen molar-refractivity contribution in [2.24, 2.45) is 5.92 Å². The Morgan fingerprint density at radius 1 is 0.968 bits per heavy atom. The van der Waals surface area contributed by atoms with E-state index in [-0.39, 0.29) is 18.2 Å². The van der Waals surface area contributed by atoms with Gasteiger partial charge in [0.1, 0.15) is 0 Å². The van der Waals surface area contributed by atoms with Crippen LogP contribution in [0.5, 0.6) is 0 Å². The maximum atomic E-state index is 13.5. The van der Waals surface area contributed by atoms with Gasteiger partial charge in [0.05, 0.1) is 17.0 Å². The Labute approximate surface area is 181 Å². The zero-order valence-electron chi connectivity index (χ0n) is 18.0. The van der Waals surface area contributed by atoms with Gasteiger partial charge in [0.2, 0.25) is 11.8 Å². The third kappa shape index (κ3) is 3.21. The number of aromatic nitrogens is 2. The molecule has 7 nitrogen and oxygen atoms in total. The molecule has 1 aromatic heterocycles. The summed E-state index contributed by atoms with van der Waals surface area (Å²) in [7, 11) is 1.96. The molecule has 0 aliphatic carbocycles. The summed E-state index contributed by atoms with van der Waals surface area (Å²) in [5.41, 5.74) is 4.67. The summed E-state index contributed by atoms with van der Waals surface area (Å²) in [5, 5.41) is 0. The molecule has 2 aliphatic heterocycles. The molecule has 1 fully saturated rings. The fourth-order valence-electron chi connectivity index (χ4n) is 4.45. The number of rotatable bonds is 2. The largest absolute Gasteiger partial charge is 0.355 e. The lowest BCUT2D eigenvalue weighted by molar-refractivity contribution is -0.124. The van der Waals surface area contributed by atoms with Crippen LogP contribution in [0.25, 0.3) is 11.0 Å². The lowest BCUT2D eigenvalue weighted by atomic mass is 10.1. The van der Waals surface area contributed by atoms with E-state index in [0.29, 0.717) is 31.3 Å². The summed E-state index contributed by atoms with van der Waals surface area (Å²) in [4.78, 5) is 41.4. The van der Waals surface area contributed by atoms with Gasteiger partial charge in [-0.2, -0.15) is 0 Å². The highest BCUT2D eigenvalue weighted by molar-refractivity contribution is 6.06. The van der Waals surface area contributed by atoms with Crippen LogP contribution in [0.3, 0.4) is 0 Å². The average molecular weight is 415 g/mol. The van der Waals surface area contributed by atoms with Gasteiger partial charge in [0, 0.05) is 38.8 Å². The summed E-state index contributed by atoms with van der Waals surface area (Å²) in [6, 6.07) is 13.6. The summed E-state index contributed by atoms with van der Waals surface area (Å²) in [6.07, 6.45) is 0.217. The molecule has 2 aliphatic rings. The molecule has 5 rings (SSSR count). The molecule has 0 bridgehead atoms. The van der Waals surface area contributed by atoms with E-state index in [1.54, 1.807) is 9.80 Å². The molecule has 158 valence electrons. The van der Waals surface area contributed by atoms with Gasteiger partial charge >= 0.3 is 0 Å². The molecule has 31 heavy (non-hydrogen) atoms. The number of hydrogen-bond acceptors (Lipinski definition) is 5. The Morgan fingerprint density at radius 3 is 2.42 bits per heavy atom. The number of likely N-dealkylation sites (N-methyl/N-ethyl adjacent to an activating group) is 1. The Hall–Kier alpha value is -3.48. The van der Waals surface area contributed by atoms with Crippen molar-refractivity contribution in [2.45, 2.75) is 20.3 Å². The molecule has 2 amide bonds. The monoisotopic (exact) mass is 415 g/mol. The van der Waals surface area contributed by atoms with E-state index in [0.717, 1.165) is 27.8 Å². The topological polar surface area (TPSA) is 69.6 Å². The Balaban J connectivity index is 1.46. The first kappa shape index (κ1) is 19.5. The van der Waals surface area contributed by atoms with Crippen LogP contribution in [0.1, 0.15) is 17.5 Å². The number of para-hydroxylation sites is 2. The molecule has 0 spiro atoms. The number of carbonyl (C=O) groups excluding carboxylic acids is 2. The second-order valence-corrected chi connectivity index (χ2v) is 8.40. The van der Waals surface area contributed by atoms with Gasteiger partial charge in [0.25, 0.3) is 0 Å². The standard InChI is InChI=1S/C24H25N5O2/c1-15-7-6-10-20(16(15)2)29-14-17(13-21(29)30)24(31)28-12-11-27(3)22-23(28)26-19-9-5-4-8-18(19)25-22/h4-10,17H,11-14H2,1-3H3. The SMILES string of the molecule is Cc1cccc(N2CC(C(=O)N3CCN(C)c4nc5ccccc5nc43)CC2=O)c1C. The van der Waals surface area contributed by atoms with Crippen LogP contribution in [-0.4, -0.2) is 48.5 Å². The van der Waals surface area contributed by atoms with E-state index >= 15 is 0 Å². The van der Waals surface area contributed by atoms with Crippen molar-refractivity contribution in [3.05, 3.63) is 53.6 Å². The van der Waals surface area contributed by atoms with Crippen molar-refractivity contribution in [3.8, 4) is 0 Å². The first-order chi connectivity index (χ1) is 14.9. The van der Waals surface area contributed by atoms with Crippen LogP contribution in [0.15, 0.2) is 42.5 Å². The van der Waals surface area contributed by atoms with Gasteiger partial charge in [0.15, 0.2) is 11.6 Å². The first-order valence-corrected chi connectivity index (χ1v) is 10.6. The van der Waals surface area contributed by atoms with Crippen molar-refractivity contribution in [1.29, 1.82) is 0 Å². The summed E-state index contributed by atoms with van der Waals surface area (Å²) < 4.78 is 0. The quantitative estimate of drug-likeness (QED) is 0.643. The second kappa shape index (κ2) is 7.34. The second-order valence-electron chi connectivity index (χ2n) is 8.40. The van der Waals surface area contributed by atoms with Crippen LogP contribution in [0.4, 0.5) is 17.3 Å². The molecule has 7 heteroatoms. The zero-order valence-corrected chi connectivity index (χ0v) is 18.0. The van der Waals surface area contributed by atoms with Gasteiger partial charge in [-0.25, -0.2) is 9.97 Å². The Bertz CT molecular complexity index is 1210. The average Bonchev–Trinajstić information content (AvgIpc) is 3.16. The maximum Gasteiger partial charge on any atom is 0.233 e. The number of nitrogens with zero attached hydrogens (tertiary/aromatic N) is 5. The number of aryl methyl sites for hydroxylation is 1. The van der Waals surface area contributed by atoms with Gasteiger partial charge < -0.3 is 9.80 Å². The van der Waals surface area contributed by atoms with Crippen LogP contribution >= 0.6 is 0 Å². The summed E-state index contributed by atoms with van der Waals surface area (Å²) in [6.45, 7) is 5.65. The molecule has 1 atom stereocenters. The van der Waals surface area contributed by atoms with E-state index in [1.165, 1.54) is 0 Å². The van der Waals surface area contributed by atoms with Crippen LogP contribution in [-0.2, 0) is 9.59 Å². The lowest BCUT2D eigenvalue weighted by Crippen LogP contribution is -2.46. The zero-order chi connectivity index (χ0) is 21.7. The van der Waals surface area contributed by atoms with Crippen molar-refractivity contribution in [3.63, 3.8) is 0 Å². The normalized spacial score (nSPS) is 18.6. The highest BCUT2D eigenvalue weighted by atomic mass is 16.2. The molecule has 0 N–H and O–H groups in total. The number of amides is 2. The van der Waals surface area contributed by atoms with E-state index in [1.807, 2.05) is 68.3 Å². The maximum absolute atomic E-state index is 13.5. The van der Waals surface area contributed by atoms with Crippen molar-refractivity contribution in [1.82, 2.24) is 9.97 Å². The molecule has 0 saturated carbocycles. The fraction of sp³-hybridized carbons (Fsp3) is 0.333. The molecule has 3 aromatic rings. The minimum absolute atomic E-state index is 0.00834. The Kier molecular flexibility index (Phi) is 4.61. The highest BCUT2D eigenvalue weighted by Gasteiger charge is 2.40. The van der Waals surface area contributed by atoms with Crippen molar-refractivity contribution >= 4 is 40.2 Å². The van der Waals surface area contributed by atoms with Crippen LogP contribution in [0, 0.1) is 19.8 Å². The third-order valence-corrected chi connectivity index (χ3v) is 6.42. The van der Waals surface area contributed by atoms with E-state index in [4.69, 9.17) is 9.97 Å². The number of carbonyl (C=O) groups is 2. The minimum Gasteiger partial charge on any atom is -0.355 e. The first-order valence-electron chi connectivity index (χ1n) is 10.6. The van der Waals surface area contributed by atoms with E-state index in [2.05, 4.69) is 0 Å². The van der Waals surface area contributed by atoms with Gasteiger partial charge in [-0.15, -0.1) is 0 Å². The predicted octanol–water partition coefficient (Wildman–Crippen LogP) is 3.08. The molecule has 3 heterocycles. The minimum atomic E-state index is -0.392. The summed E-state index contributed by atoms with van der Waals surface area (Å²) >= 11 is 0. The third-order valence-electron chi connectivity index (χ3n) is 6.42. The lowest BCUT2D eigenvalue weighted by Gasteiger charge is -2.34.